The number of sulfonamides is 1. The zero-order valence-electron chi connectivity index (χ0n) is 16.2. The van der Waals surface area contributed by atoms with Crippen molar-refractivity contribution in [2.75, 3.05) is 14.1 Å². The maximum atomic E-state index is 12.5. The molecule has 0 spiro atoms. The first-order valence-electron chi connectivity index (χ1n) is 8.77. The van der Waals surface area contributed by atoms with Gasteiger partial charge in [-0.25, -0.2) is 17.4 Å². The molecule has 0 radical (unpaired) electrons. The molecule has 6 nitrogen and oxygen atoms in total. The lowest BCUT2D eigenvalue weighted by Gasteiger charge is -2.11. The number of nitrogens with zero attached hydrogens (tertiary/aromatic N) is 3. The molecule has 2 aromatic carbocycles. The second-order valence-electron chi connectivity index (χ2n) is 6.55. The standard InChI is InChI=1S/C21H20ClN3O3S/c1-15-19(21(22)25(23-15)17-7-5-4-6-8-17)13-14-20(26)16-9-11-18(12-10-16)29(27,28)24(2)3/h4-14H,1-3H3/b14-13+. The van der Waals surface area contributed by atoms with Crippen molar-refractivity contribution in [2.45, 2.75) is 11.8 Å². The van der Waals surface area contributed by atoms with E-state index < -0.39 is 10.0 Å². The molecule has 29 heavy (non-hydrogen) atoms. The number of carbonyl (C=O) groups is 1. The molecule has 0 bridgehead atoms. The van der Waals surface area contributed by atoms with E-state index in [1.165, 1.54) is 44.4 Å². The number of hydrogen-bond donors (Lipinski definition) is 0. The molecule has 0 N–H and O–H groups in total. The third-order valence-corrected chi connectivity index (χ3v) is 6.56. The molecule has 0 aliphatic rings. The maximum absolute atomic E-state index is 12.5. The first-order valence-corrected chi connectivity index (χ1v) is 10.6. The van der Waals surface area contributed by atoms with Crippen LogP contribution >= 0.6 is 11.6 Å². The van der Waals surface area contributed by atoms with Gasteiger partial charge in [-0.3, -0.25) is 4.79 Å². The van der Waals surface area contributed by atoms with Crippen LogP contribution < -0.4 is 0 Å². The highest BCUT2D eigenvalue weighted by Crippen LogP contribution is 2.25. The van der Waals surface area contributed by atoms with Crippen LogP contribution in [-0.2, 0) is 10.0 Å². The van der Waals surface area contributed by atoms with E-state index in [0.717, 1.165) is 9.99 Å². The van der Waals surface area contributed by atoms with Crippen molar-refractivity contribution in [3.8, 4) is 5.69 Å². The highest BCUT2D eigenvalue weighted by atomic mass is 35.5. The van der Waals surface area contributed by atoms with Crippen molar-refractivity contribution in [1.82, 2.24) is 14.1 Å². The van der Waals surface area contributed by atoms with Gasteiger partial charge >= 0.3 is 0 Å². The molecular formula is C21H20ClN3O3S. The Morgan fingerprint density at radius 2 is 1.69 bits per heavy atom. The fraction of sp³-hybridized carbons (Fsp3) is 0.143. The van der Waals surface area contributed by atoms with E-state index in [0.29, 0.717) is 22.0 Å². The Labute approximate surface area is 175 Å². The highest BCUT2D eigenvalue weighted by Gasteiger charge is 2.17. The molecule has 0 unspecified atom stereocenters. The quantitative estimate of drug-likeness (QED) is 0.439. The summed E-state index contributed by atoms with van der Waals surface area (Å²) in [6.07, 6.45) is 3.03. The van der Waals surface area contributed by atoms with Gasteiger partial charge in [-0.1, -0.05) is 29.8 Å². The zero-order valence-corrected chi connectivity index (χ0v) is 17.8. The van der Waals surface area contributed by atoms with E-state index in [2.05, 4.69) is 5.10 Å². The van der Waals surface area contributed by atoms with Crippen LogP contribution in [0.4, 0.5) is 0 Å². The number of carbonyl (C=O) groups excluding carboxylic acids is 1. The lowest BCUT2D eigenvalue weighted by atomic mass is 10.1. The zero-order chi connectivity index (χ0) is 21.2. The van der Waals surface area contributed by atoms with Gasteiger partial charge in [-0.15, -0.1) is 0 Å². The normalized spacial score (nSPS) is 12.0. The van der Waals surface area contributed by atoms with Gasteiger partial charge in [-0.2, -0.15) is 5.10 Å². The average Bonchev–Trinajstić information content (AvgIpc) is 3.00. The summed E-state index contributed by atoms with van der Waals surface area (Å²) in [5.74, 6) is -0.262. The monoisotopic (exact) mass is 429 g/mol. The van der Waals surface area contributed by atoms with Crippen LogP contribution in [-0.4, -0.2) is 42.4 Å². The molecule has 3 aromatic rings. The van der Waals surface area contributed by atoms with E-state index in [9.17, 15) is 13.2 Å². The third kappa shape index (κ3) is 4.32. The van der Waals surface area contributed by atoms with Crippen LogP contribution in [0.2, 0.25) is 5.15 Å². The van der Waals surface area contributed by atoms with Crippen molar-refractivity contribution in [2.24, 2.45) is 0 Å². The molecule has 150 valence electrons. The van der Waals surface area contributed by atoms with Crippen molar-refractivity contribution in [1.29, 1.82) is 0 Å². The molecule has 8 heteroatoms. The van der Waals surface area contributed by atoms with Crippen molar-refractivity contribution in [3.05, 3.63) is 82.6 Å². The van der Waals surface area contributed by atoms with Crippen molar-refractivity contribution >= 4 is 33.5 Å². The molecule has 0 fully saturated rings. The summed E-state index contributed by atoms with van der Waals surface area (Å²) >= 11 is 6.46. The molecule has 0 aliphatic carbocycles. The number of aromatic nitrogens is 2. The van der Waals surface area contributed by atoms with Crippen molar-refractivity contribution in [3.63, 3.8) is 0 Å². The van der Waals surface area contributed by atoms with Crippen LogP contribution in [0.1, 0.15) is 21.6 Å². The van der Waals surface area contributed by atoms with Gasteiger partial charge in [0, 0.05) is 25.2 Å². The number of halogens is 1. The van der Waals surface area contributed by atoms with Crippen LogP contribution in [0.15, 0.2) is 65.6 Å². The number of rotatable bonds is 6. The van der Waals surface area contributed by atoms with Gasteiger partial charge in [0.25, 0.3) is 0 Å². The maximum Gasteiger partial charge on any atom is 0.242 e. The number of aryl methyl sites for hydroxylation is 1. The third-order valence-electron chi connectivity index (χ3n) is 4.37. The number of hydrogen-bond acceptors (Lipinski definition) is 4. The van der Waals surface area contributed by atoms with Gasteiger partial charge in [0.05, 0.1) is 16.3 Å². The summed E-state index contributed by atoms with van der Waals surface area (Å²) in [6, 6.07) is 15.3. The van der Waals surface area contributed by atoms with Crippen LogP contribution in [0.25, 0.3) is 11.8 Å². The Morgan fingerprint density at radius 1 is 1.07 bits per heavy atom. The Kier molecular flexibility index (Phi) is 6.02. The Hall–Kier alpha value is -2.74. The predicted octanol–water partition coefficient (Wildman–Crippen LogP) is 3.98. The number of para-hydroxylation sites is 1. The Morgan fingerprint density at radius 3 is 2.28 bits per heavy atom. The summed E-state index contributed by atoms with van der Waals surface area (Å²) in [5.41, 5.74) is 2.54. The van der Waals surface area contributed by atoms with E-state index in [-0.39, 0.29) is 10.7 Å². The molecule has 0 atom stereocenters. The lowest BCUT2D eigenvalue weighted by Crippen LogP contribution is -2.22. The van der Waals surface area contributed by atoms with Gasteiger partial charge < -0.3 is 0 Å². The smallest absolute Gasteiger partial charge is 0.242 e. The van der Waals surface area contributed by atoms with Gasteiger partial charge in [0.1, 0.15) is 5.15 Å². The second kappa shape index (κ2) is 8.32. The minimum Gasteiger partial charge on any atom is -0.289 e. The number of allylic oxidation sites excluding steroid dienone is 1. The summed E-state index contributed by atoms with van der Waals surface area (Å²) in [5, 5.41) is 4.84. The highest BCUT2D eigenvalue weighted by molar-refractivity contribution is 7.89. The van der Waals surface area contributed by atoms with E-state index in [1.807, 2.05) is 37.3 Å². The fourth-order valence-electron chi connectivity index (χ4n) is 2.70. The Bertz CT molecular complexity index is 1170. The number of benzene rings is 2. The summed E-state index contributed by atoms with van der Waals surface area (Å²) in [4.78, 5) is 12.6. The van der Waals surface area contributed by atoms with Crippen LogP contribution in [0.5, 0.6) is 0 Å². The number of ketones is 1. The summed E-state index contributed by atoms with van der Waals surface area (Å²) < 4.78 is 27.0. The minimum atomic E-state index is -3.53. The summed E-state index contributed by atoms with van der Waals surface area (Å²) in [6.45, 7) is 1.82. The molecule has 1 aromatic heterocycles. The molecule has 1 heterocycles. The SMILES string of the molecule is Cc1nn(-c2ccccc2)c(Cl)c1/C=C/C(=O)c1ccc(S(=O)(=O)N(C)C)cc1. The molecule has 0 saturated carbocycles. The summed E-state index contributed by atoms with van der Waals surface area (Å²) in [7, 11) is -0.620. The fourth-order valence-corrected chi connectivity index (χ4v) is 3.93. The van der Waals surface area contributed by atoms with E-state index >= 15 is 0 Å². The van der Waals surface area contributed by atoms with Crippen LogP contribution in [0, 0.1) is 6.92 Å². The molecular weight excluding hydrogens is 410 g/mol. The molecule has 0 aliphatic heterocycles. The minimum absolute atomic E-state index is 0.131. The van der Waals surface area contributed by atoms with Gasteiger partial charge in [0.2, 0.25) is 10.0 Å². The van der Waals surface area contributed by atoms with Gasteiger partial charge in [-0.05, 0) is 55.5 Å². The molecule has 3 rings (SSSR count). The van der Waals surface area contributed by atoms with Crippen molar-refractivity contribution < 1.29 is 13.2 Å². The lowest BCUT2D eigenvalue weighted by molar-refractivity contribution is 0.104. The Balaban J connectivity index is 1.84. The van der Waals surface area contributed by atoms with E-state index in [4.69, 9.17) is 11.6 Å². The van der Waals surface area contributed by atoms with Gasteiger partial charge in [0.15, 0.2) is 5.78 Å². The topological polar surface area (TPSA) is 72.3 Å². The molecule has 0 saturated heterocycles. The first-order chi connectivity index (χ1) is 13.7. The predicted molar refractivity (Wildman–Crippen MR) is 114 cm³/mol. The van der Waals surface area contributed by atoms with Crippen LogP contribution in [0.3, 0.4) is 0 Å². The first kappa shape index (κ1) is 21.0. The second-order valence-corrected chi connectivity index (χ2v) is 9.06. The average molecular weight is 430 g/mol. The largest absolute Gasteiger partial charge is 0.289 e. The van der Waals surface area contributed by atoms with E-state index in [1.54, 1.807) is 10.8 Å². The molecule has 0 amide bonds.